The highest BCUT2D eigenvalue weighted by atomic mass is 16.6. The Balaban J connectivity index is 2.10. The average molecular weight is 289 g/mol. The van der Waals surface area contributed by atoms with E-state index < -0.39 is 4.92 Å². The summed E-state index contributed by atoms with van der Waals surface area (Å²) in [5.41, 5.74) is 2.81. The van der Waals surface area contributed by atoms with Crippen molar-refractivity contribution in [1.82, 2.24) is 4.98 Å². The number of allylic oxidation sites excluding steroid dienone is 1. The predicted octanol–water partition coefficient (Wildman–Crippen LogP) is 4.14. The predicted molar refractivity (Wildman–Crippen MR) is 84.9 cm³/mol. The second-order valence-corrected chi connectivity index (χ2v) is 4.77. The minimum Gasteiger partial charge on any atom is -0.361 e. The third kappa shape index (κ3) is 2.45. The number of nitro benzene ring substituents is 1. The average Bonchev–Trinajstić information content (AvgIpc) is 2.97. The van der Waals surface area contributed by atoms with Crippen LogP contribution in [0.15, 0.2) is 54.7 Å². The third-order valence-electron chi connectivity index (χ3n) is 3.39. The van der Waals surface area contributed by atoms with Crippen molar-refractivity contribution in [3.63, 3.8) is 0 Å². The van der Waals surface area contributed by atoms with Gasteiger partial charge in [0, 0.05) is 34.8 Å². The summed E-state index contributed by atoms with van der Waals surface area (Å²) in [6.07, 6.45) is 3.43. The molecule has 3 rings (SSSR count). The van der Waals surface area contributed by atoms with Crippen LogP contribution in [0.25, 0.3) is 22.6 Å². The molecule has 0 atom stereocenters. The van der Waals surface area contributed by atoms with E-state index in [0.717, 1.165) is 16.5 Å². The third-order valence-corrected chi connectivity index (χ3v) is 3.39. The van der Waals surface area contributed by atoms with Gasteiger partial charge in [-0.2, -0.15) is 5.26 Å². The summed E-state index contributed by atoms with van der Waals surface area (Å²) in [5, 5.41) is 21.2. The fourth-order valence-corrected chi connectivity index (χ4v) is 2.36. The Kier molecular flexibility index (Phi) is 3.42. The van der Waals surface area contributed by atoms with Crippen molar-refractivity contribution < 1.29 is 4.92 Å². The minimum absolute atomic E-state index is 0.00460. The number of fused-ring (bicyclic) bond motifs is 1. The van der Waals surface area contributed by atoms with Crippen LogP contribution in [0.4, 0.5) is 5.69 Å². The van der Waals surface area contributed by atoms with Crippen LogP contribution in [-0.4, -0.2) is 9.91 Å². The highest BCUT2D eigenvalue weighted by Crippen LogP contribution is 2.26. The van der Waals surface area contributed by atoms with E-state index in [-0.39, 0.29) is 5.69 Å². The number of nitrogens with zero attached hydrogens (tertiary/aromatic N) is 2. The van der Waals surface area contributed by atoms with Crippen LogP contribution < -0.4 is 0 Å². The number of nitro groups is 1. The molecule has 1 N–H and O–H groups in total. The Morgan fingerprint density at radius 3 is 2.82 bits per heavy atom. The second-order valence-electron chi connectivity index (χ2n) is 4.77. The molecule has 5 heteroatoms. The fourth-order valence-electron chi connectivity index (χ4n) is 2.36. The first-order valence-corrected chi connectivity index (χ1v) is 6.62. The Bertz CT molecular complexity index is 932. The maximum atomic E-state index is 10.8. The molecule has 5 nitrogen and oxygen atoms in total. The quantitative estimate of drug-likeness (QED) is 0.447. The summed E-state index contributed by atoms with van der Waals surface area (Å²) >= 11 is 0. The Morgan fingerprint density at radius 1 is 1.23 bits per heavy atom. The van der Waals surface area contributed by atoms with Crippen LogP contribution in [0.2, 0.25) is 0 Å². The van der Waals surface area contributed by atoms with E-state index in [2.05, 4.69) is 11.1 Å². The minimum atomic E-state index is -0.449. The molecule has 0 spiro atoms. The number of hydrogen-bond donors (Lipinski definition) is 1. The summed E-state index contributed by atoms with van der Waals surface area (Å²) < 4.78 is 0. The summed E-state index contributed by atoms with van der Waals surface area (Å²) in [5.74, 6) is 0. The standard InChI is InChI=1S/C17H11N3O2/c18-10-13(8-12-4-3-5-14(9-12)20(21)22)16-11-19-17-7-2-1-6-15(16)17/h1-9,11,19H. The molecule has 0 aliphatic heterocycles. The normalized spacial score (nSPS) is 11.3. The maximum Gasteiger partial charge on any atom is 0.270 e. The van der Waals surface area contributed by atoms with E-state index in [0.29, 0.717) is 11.1 Å². The topological polar surface area (TPSA) is 82.7 Å². The number of H-pyrrole nitrogens is 1. The van der Waals surface area contributed by atoms with Gasteiger partial charge in [-0.1, -0.05) is 30.3 Å². The van der Waals surface area contributed by atoms with Crippen LogP contribution in [0.1, 0.15) is 11.1 Å². The highest BCUT2D eigenvalue weighted by Gasteiger charge is 2.09. The first-order valence-electron chi connectivity index (χ1n) is 6.62. The molecule has 1 aromatic heterocycles. The molecule has 0 aliphatic carbocycles. The Labute approximate surface area is 126 Å². The number of rotatable bonds is 3. The number of benzene rings is 2. The molecule has 22 heavy (non-hydrogen) atoms. The number of nitriles is 1. The lowest BCUT2D eigenvalue weighted by Gasteiger charge is -1.99. The lowest BCUT2D eigenvalue weighted by Crippen LogP contribution is -1.88. The van der Waals surface area contributed by atoms with E-state index in [1.807, 2.05) is 24.3 Å². The van der Waals surface area contributed by atoms with Crippen LogP contribution in [0, 0.1) is 21.4 Å². The number of aromatic amines is 1. The van der Waals surface area contributed by atoms with Gasteiger partial charge >= 0.3 is 0 Å². The smallest absolute Gasteiger partial charge is 0.270 e. The highest BCUT2D eigenvalue weighted by molar-refractivity contribution is 6.01. The van der Waals surface area contributed by atoms with Gasteiger partial charge < -0.3 is 4.98 Å². The summed E-state index contributed by atoms with van der Waals surface area (Å²) in [6.45, 7) is 0. The molecule has 1 heterocycles. The zero-order valence-corrected chi connectivity index (χ0v) is 11.5. The summed E-state index contributed by atoms with van der Waals surface area (Å²) in [4.78, 5) is 13.5. The molecular weight excluding hydrogens is 278 g/mol. The molecule has 0 radical (unpaired) electrons. The van der Waals surface area contributed by atoms with E-state index in [1.165, 1.54) is 12.1 Å². The van der Waals surface area contributed by atoms with Gasteiger partial charge in [0.1, 0.15) is 0 Å². The van der Waals surface area contributed by atoms with Crippen LogP contribution in [-0.2, 0) is 0 Å². The van der Waals surface area contributed by atoms with Crippen molar-refractivity contribution >= 4 is 28.2 Å². The molecule has 2 aromatic carbocycles. The lowest BCUT2D eigenvalue weighted by molar-refractivity contribution is -0.384. The largest absolute Gasteiger partial charge is 0.361 e. The van der Waals surface area contributed by atoms with E-state index in [4.69, 9.17) is 0 Å². The van der Waals surface area contributed by atoms with Gasteiger partial charge in [-0.25, -0.2) is 0 Å². The van der Waals surface area contributed by atoms with Crippen molar-refractivity contribution in [2.45, 2.75) is 0 Å². The van der Waals surface area contributed by atoms with Crippen LogP contribution in [0.5, 0.6) is 0 Å². The van der Waals surface area contributed by atoms with E-state index in [9.17, 15) is 15.4 Å². The van der Waals surface area contributed by atoms with E-state index in [1.54, 1.807) is 24.4 Å². The van der Waals surface area contributed by atoms with Crippen LogP contribution in [0.3, 0.4) is 0 Å². The van der Waals surface area contributed by atoms with Gasteiger partial charge in [-0.3, -0.25) is 10.1 Å². The molecular formula is C17H11N3O2. The summed E-state index contributed by atoms with van der Waals surface area (Å²) in [7, 11) is 0. The van der Waals surface area contributed by atoms with Crippen molar-refractivity contribution in [2.75, 3.05) is 0 Å². The first kappa shape index (κ1) is 13.6. The molecule has 0 bridgehead atoms. The molecule has 0 saturated heterocycles. The first-order chi connectivity index (χ1) is 10.7. The number of non-ortho nitro benzene ring substituents is 1. The van der Waals surface area contributed by atoms with Gasteiger partial charge in [0.15, 0.2) is 0 Å². The molecule has 0 amide bonds. The number of aromatic nitrogens is 1. The van der Waals surface area contributed by atoms with Crippen molar-refractivity contribution in [1.29, 1.82) is 5.26 Å². The SMILES string of the molecule is N#CC(=Cc1cccc([N+](=O)[O-])c1)c1c[nH]c2ccccc12. The maximum absolute atomic E-state index is 10.8. The van der Waals surface area contributed by atoms with Crippen molar-refractivity contribution in [2.24, 2.45) is 0 Å². The number of para-hydroxylation sites is 1. The number of hydrogen-bond acceptors (Lipinski definition) is 3. The Morgan fingerprint density at radius 2 is 2.05 bits per heavy atom. The zero-order chi connectivity index (χ0) is 15.5. The van der Waals surface area contributed by atoms with E-state index >= 15 is 0 Å². The molecule has 3 aromatic rings. The molecule has 0 unspecified atom stereocenters. The second kappa shape index (κ2) is 5.54. The van der Waals surface area contributed by atoms with Crippen molar-refractivity contribution in [3.8, 4) is 6.07 Å². The van der Waals surface area contributed by atoms with Gasteiger partial charge in [0.25, 0.3) is 5.69 Å². The molecule has 106 valence electrons. The van der Waals surface area contributed by atoms with Gasteiger partial charge in [0.05, 0.1) is 16.6 Å². The fraction of sp³-hybridized carbons (Fsp3) is 0. The van der Waals surface area contributed by atoms with Crippen LogP contribution >= 0.6 is 0 Å². The van der Waals surface area contributed by atoms with Gasteiger partial charge in [-0.15, -0.1) is 0 Å². The monoisotopic (exact) mass is 289 g/mol. The van der Waals surface area contributed by atoms with Crippen molar-refractivity contribution in [3.05, 3.63) is 76.0 Å². The molecule has 0 fully saturated rings. The molecule has 0 aliphatic rings. The number of nitrogens with one attached hydrogen (secondary N) is 1. The van der Waals surface area contributed by atoms with Gasteiger partial charge in [0.2, 0.25) is 0 Å². The van der Waals surface area contributed by atoms with Gasteiger partial charge in [-0.05, 0) is 17.7 Å². The molecule has 0 saturated carbocycles. The lowest BCUT2D eigenvalue weighted by atomic mass is 10.0. The summed E-state index contributed by atoms with van der Waals surface area (Å²) in [6, 6.07) is 16.1. The zero-order valence-electron chi connectivity index (χ0n) is 11.5. The Hall–Kier alpha value is -3.39.